The number of rotatable bonds is 0. The van der Waals surface area contributed by atoms with Gasteiger partial charge in [-0.25, -0.2) is 0 Å². The zero-order chi connectivity index (χ0) is 32.3. The average molecular weight is 661 g/mol. The molecule has 0 bridgehead atoms. The van der Waals surface area contributed by atoms with Gasteiger partial charge in [-0.2, -0.15) is 0 Å². The number of hydrogen-bond acceptors (Lipinski definition) is 0. The Morgan fingerprint density at radius 3 is 0.640 bits per heavy atom. The molecule has 10 aromatic rings. The highest BCUT2D eigenvalue weighted by Gasteiger charge is 2.60. The van der Waals surface area contributed by atoms with Gasteiger partial charge in [0.15, 0.2) is 16.1 Å². The second-order valence-corrected chi connectivity index (χ2v) is 21.9. The maximum Gasteiger partial charge on any atom is 0.180 e. The molecule has 3 aliphatic heterocycles. The number of hydrogen-bond donors (Lipinski definition) is 0. The molecule has 2 spiro atoms. The smallest absolute Gasteiger partial charge is 0.0624 e. The van der Waals surface area contributed by atoms with Gasteiger partial charge in [0.25, 0.3) is 0 Å². The molecule has 50 heavy (non-hydrogen) atoms. The summed E-state index contributed by atoms with van der Waals surface area (Å²) in [5.41, 5.74) is 0. The summed E-state index contributed by atoms with van der Waals surface area (Å²) in [7, 11) is -5.48. The maximum atomic E-state index is 2.55. The van der Waals surface area contributed by atoms with E-state index >= 15 is 0 Å². The number of benzene rings is 10. The van der Waals surface area contributed by atoms with Crippen molar-refractivity contribution < 1.29 is 0 Å². The minimum Gasteiger partial charge on any atom is -0.0624 e. The highest BCUT2D eigenvalue weighted by Crippen LogP contribution is 2.41. The van der Waals surface area contributed by atoms with Gasteiger partial charge in [0.05, 0.1) is 0 Å². The predicted octanol–water partition coefficient (Wildman–Crippen LogP) is 6.30. The predicted molar refractivity (Wildman–Crippen MR) is 219 cm³/mol. The van der Waals surface area contributed by atoms with Crippen LogP contribution in [-0.4, -0.2) is 16.1 Å². The first-order valence-electron chi connectivity index (χ1n) is 17.8. The molecule has 2 heteroatoms. The lowest BCUT2D eigenvalue weighted by Gasteiger charge is -2.46. The van der Waals surface area contributed by atoms with Crippen LogP contribution in [0.1, 0.15) is 0 Å². The van der Waals surface area contributed by atoms with Crippen LogP contribution in [0.4, 0.5) is 0 Å². The van der Waals surface area contributed by atoms with Gasteiger partial charge < -0.3 is 0 Å². The largest absolute Gasteiger partial charge is 0.180 e. The molecule has 10 aromatic carbocycles. The average Bonchev–Trinajstić information content (AvgIpc) is 3.66. The third-order valence-electron chi connectivity index (χ3n) is 12.9. The van der Waals surface area contributed by atoms with Crippen molar-refractivity contribution in [1.29, 1.82) is 0 Å². The highest BCUT2D eigenvalue weighted by atomic mass is 28.3. The summed E-state index contributed by atoms with van der Waals surface area (Å²) in [5.74, 6) is 0. The zero-order valence-electron chi connectivity index (χ0n) is 27.2. The van der Waals surface area contributed by atoms with Crippen LogP contribution >= 0.6 is 0 Å². The summed E-state index contributed by atoms with van der Waals surface area (Å²) in [6, 6.07) is 66.6. The van der Waals surface area contributed by atoms with E-state index in [0.29, 0.717) is 0 Å². The first-order chi connectivity index (χ1) is 24.8. The SMILES string of the molecule is c1ccc2c(c1)[Si]1(c3ccccc3[Si]23c2cccc4c5ccccc5c5cccc3c5c24)c2cccc3c4ccccc4c4cccc1c4c23. The fraction of sp³-hybridized carbons (Fsp3) is 0. The third-order valence-corrected chi connectivity index (χ3v) is 23.2. The van der Waals surface area contributed by atoms with Crippen molar-refractivity contribution in [2.75, 3.05) is 0 Å². The van der Waals surface area contributed by atoms with Crippen LogP contribution < -0.4 is 41.5 Å². The quantitative estimate of drug-likeness (QED) is 0.132. The molecule has 228 valence electrons. The normalized spacial score (nSPS) is 15.5. The van der Waals surface area contributed by atoms with Gasteiger partial charge in [0.2, 0.25) is 0 Å². The van der Waals surface area contributed by atoms with E-state index in [-0.39, 0.29) is 0 Å². The van der Waals surface area contributed by atoms with Crippen LogP contribution in [0.2, 0.25) is 0 Å². The molecule has 0 atom stereocenters. The summed E-state index contributed by atoms with van der Waals surface area (Å²) >= 11 is 0. The molecule has 13 rings (SSSR count). The molecule has 0 aromatic heterocycles. The second kappa shape index (κ2) is 8.67. The van der Waals surface area contributed by atoms with Crippen molar-refractivity contribution in [3.63, 3.8) is 0 Å². The fourth-order valence-corrected chi connectivity index (χ4v) is 24.3. The van der Waals surface area contributed by atoms with E-state index in [2.05, 4.69) is 170 Å². The molecule has 0 fully saturated rings. The second-order valence-electron chi connectivity index (χ2n) is 14.6. The summed E-state index contributed by atoms with van der Waals surface area (Å²) in [5, 5.41) is 29.6. The van der Waals surface area contributed by atoms with Crippen LogP contribution in [-0.2, 0) is 0 Å². The number of fused-ring (bicyclic) bond motifs is 16. The van der Waals surface area contributed by atoms with E-state index in [1.165, 1.54) is 64.6 Å². The van der Waals surface area contributed by atoms with Crippen molar-refractivity contribution in [3.8, 4) is 0 Å². The zero-order valence-corrected chi connectivity index (χ0v) is 29.2. The molecule has 3 aliphatic rings. The van der Waals surface area contributed by atoms with Crippen LogP contribution in [0.25, 0.3) is 64.6 Å². The first-order valence-corrected chi connectivity index (χ1v) is 21.8. The Morgan fingerprint density at radius 2 is 0.380 bits per heavy atom. The van der Waals surface area contributed by atoms with Crippen LogP contribution in [0.15, 0.2) is 170 Å². The Bertz CT molecular complexity index is 2790. The van der Waals surface area contributed by atoms with E-state index in [4.69, 9.17) is 0 Å². The molecule has 0 saturated carbocycles. The van der Waals surface area contributed by atoms with E-state index in [0.717, 1.165) is 0 Å². The van der Waals surface area contributed by atoms with E-state index in [1.807, 2.05) is 0 Å². The van der Waals surface area contributed by atoms with E-state index in [9.17, 15) is 0 Å². The van der Waals surface area contributed by atoms with Gasteiger partial charge in [0.1, 0.15) is 0 Å². The Kier molecular flexibility index (Phi) is 4.53. The van der Waals surface area contributed by atoms with Gasteiger partial charge in [-0.15, -0.1) is 0 Å². The molecular weight excluding hydrogens is 633 g/mol. The topological polar surface area (TPSA) is 0 Å². The van der Waals surface area contributed by atoms with Crippen molar-refractivity contribution in [1.82, 2.24) is 0 Å². The summed E-state index contributed by atoms with van der Waals surface area (Å²) in [6.07, 6.45) is 0. The van der Waals surface area contributed by atoms with Crippen molar-refractivity contribution >= 4 is 122 Å². The summed E-state index contributed by atoms with van der Waals surface area (Å²) < 4.78 is 0. The Morgan fingerprint density at radius 1 is 0.180 bits per heavy atom. The molecule has 0 saturated heterocycles. The van der Waals surface area contributed by atoms with Gasteiger partial charge in [-0.1, -0.05) is 170 Å². The van der Waals surface area contributed by atoms with Crippen molar-refractivity contribution in [3.05, 3.63) is 170 Å². The highest BCUT2D eigenvalue weighted by molar-refractivity contribution is 7.35. The van der Waals surface area contributed by atoms with E-state index in [1.54, 1.807) is 41.5 Å². The van der Waals surface area contributed by atoms with E-state index < -0.39 is 16.1 Å². The van der Waals surface area contributed by atoms with Crippen molar-refractivity contribution in [2.45, 2.75) is 0 Å². The van der Waals surface area contributed by atoms with Gasteiger partial charge >= 0.3 is 0 Å². The molecule has 0 N–H and O–H groups in total. The molecular formula is C48H28Si2. The van der Waals surface area contributed by atoms with Crippen molar-refractivity contribution in [2.24, 2.45) is 0 Å². The monoisotopic (exact) mass is 660 g/mol. The minimum atomic E-state index is -2.74. The molecule has 0 unspecified atom stereocenters. The minimum absolute atomic E-state index is 1.36. The van der Waals surface area contributed by atoms with Gasteiger partial charge in [-0.05, 0) is 106 Å². The molecule has 0 aliphatic carbocycles. The lowest BCUT2D eigenvalue weighted by Crippen LogP contribution is -2.92. The molecule has 3 heterocycles. The summed E-state index contributed by atoms with van der Waals surface area (Å²) in [4.78, 5) is 0. The lowest BCUT2D eigenvalue weighted by atomic mass is 9.95. The third kappa shape index (κ3) is 2.59. The maximum absolute atomic E-state index is 2.74. The summed E-state index contributed by atoms with van der Waals surface area (Å²) in [6.45, 7) is 0. The molecule has 0 nitrogen and oxygen atoms in total. The molecule has 0 amide bonds. The Balaban J connectivity index is 1.27. The Hall–Kier alpha value is -5.81. The van der Waals surface area contributed by atoms with Crippen LogP contribution in [0, 0.1) is 0 Å². The lowest BCUT2D eigenvalue weighted by molar-refractivity contribution is 1.70. The fourth-order valence-electron chi connectivity index (χ4n) is 11.4. The standard InChI is InChI=1S/C48H28Si2/c1-2-14-30-29(13-1)33-17-9-25-41-45(33)46-34(30)18-10-26-42(46)49(41)37-21-5-7-23-39(37)50(40-24-8-6-22-38(40)49)43-27-11-19-35-31-15-3-4-16-32(31)36-20-12-28-44(50)48(36)47(35)43/h1-28H. The Labute approximate surface area is 290 Å². The van der Waals surface area contributed by atoms with Crippen LogP contribution in [0.5, 0.6) is 0 Å². The van der Waals surface area contributed by atoms with Gasteiger partial charge in [0, 0.05) is 0 Å². The first kappa shape index (κ1) is 26.1. The van der Waals surface area contributed by atoms with Gasteiger partial charge in [-0.3, -0.25) is 0 Å². The van der Waals surface area contributed by atoms with Crippen LogP contribution in [0.3, 0.4) is 0 Å². The molecule has 0 radical (unpaired) electrons.